The quantitative estimate of drug-likeness (QED) is 0.405. The molecular formula is C26H25ClN4O2. The molecule has 3 aromatic carbocycles. The van der Waals surface area contributed by atoms with Crippen LogP contribution in [0, 0.1) is 0 Å². The number of halogens is 1. The summed E-state index contributed by atoms with van der Waals surface area (Å²) in [6.45, 7) is 3.90. The monoisotopic (exact) mass is 460 g/mol. The van der Waals surface area contributed by atoms with E-state index >= 15 is 0 Å². The smallest absolute Gasteiger partial charge is 0.251 e. The Labute approximate surface area is 197 Å². The van der Waals surface area contributed by atoms with Crippen molar-refractivity contribution in [3.63, 3.8) is 0 Å². The highest BCUT2D eigenvalue weighted by molar-refractivity contribution is 6.30. The molecule has 2 amide bonds. The fourth-order valence-electron chi connectivity index (χ4n) is 3.79. The average Bonchev–Trinajstić information content (AvgIpc) is 3.18. The Morgan fingerprint density at radius 2 is 1.55 bits per heavy atom. The fraction of sp³-hybridized carbons (Fsp3) is 0.192. The number of fused-ring (bicyclic) bond motifs is 1. The summed E-state index contributed by atoms with van der Waals surface area (Å²) < 4.78 is 1.86. The normalized spacial score (nSPS) is 12.8. The van der Waals surface area contributed by atoms with Gasteiger partial charge in [-0.15, -0.1) is 0 Å². The van der Waals surface area contributed by atoms with Crippen molar-refractivity contribution in [3.05, 3.63) is 101 Å². The van der Waals surface area contributed by atoms with Crippen molar-refractivity contribution in [1.29, 1.82) is 0 Å². The predicted molar refractivity (Wildman–Crippen MR) is 130 cm³/mol. The molecule has 0 saturated carbocycles. The van der Waals surface area contributed by atoms with Crippen LogP contribution in [0.5, 0.6) is 0 Å². The van der Waals surface area contributed by atoms with Gasteiger partial charge < -0.3 is 15.2 Å². The zero-order valence-corrected chi connectivity index (χ0v) is 19.2. The second-order valence-electron chi connectivity index (χ2n) is 7.95. The summed E-state index contributed by atoms with van der Waals surface area (Å²) in [5.41, 5.74) is 3.14. The first-order valence-corrected chi connectivity index (χ1v) is 11.2. The van der Waals surface area contributed by atoms with E-state index in [4.69, 9.17) is 16.6 Å². The van der Waals surface area contributed by atoms with E-state index in [-0.39, 0.29) is 24.4 Å². The lowest BCUT2D eigenvalue weighted by Gasteiger charge is -2.18. The number of rotatable bonds is 7. The van der Waals surface area contributed by atoms with Gasteiger partial charge in [0.2, 0.25) is 5.91 Å². The SMILES string of the molecule is CC(NC(=O)Cn1c(C(C)NC(=O)c2ccc(Cl)cc2)nc2ccccc21)c1ccccc1. The van der Waals surface area contributed by atoms with Gasteiger partial charge in [0, 0.05) is 10.6 Å². The van der Waals surface area contributed by atoms with Crippen LogP contribution in [-0.4, -0.2) is 21.4 Å². The zero-order chi connectivity index (χ0) is 23.4. The number of nitrogens with zero attached hydrogens (tertiary/aromatic N) is 2. The van der Waals surface area contributed by atoms with E-state index in [1.807, 2.05) is 73.0 Å². The highest BCUT2D eigenvalue weighted by Crippen LogP contribution is 2.22. The van der Waals surface area contributed by atoms with Gasteiger partial charge >= 0.3 is 0 Å². The molecule has 0 aliphatic carbocycles. The number of carbonyl (C=O) groups is 2. The Kier molecular flexibility index (Phi) is 6.75. The molecule has 2 unspecified atom stereocenters. The van der Waals surface area contributed by atoms with Gasteiger partial charge in [-0.3, -0.25) is 9.59 Å². The summed E-state index contributed by atoms with van der Waals surface area (Å²) in [7, 11) is 0. The number of para-hydroxylation sites is 2. The van der Waals surface area contributed by atoms with Gasteiger partial charge in [0.05, 0.1) is 23.1 Å². The van der Waals surface area contributed by atoms with E-state index in [1.54, 1.807) is 24.3 Å². The maximum Gasteiger partial charge on any atom is 0.251 e. The van der Waals surface area contributed by atoms with E-state index in [1.165, 1.54) is 0 Å². The largest absolute Gasteiger partial charge is 0.348 e. The molecule has 4 aromatic rings. The molecule has 0 spiro atoms. The molecular weight excluding hydrogens is 436 g/mol. The molecule has 2 atom stereocenters. The standard InChI is InChI=1S/C26H25ClN4O2/c1-17(19-8-4-3-5-9-19)28-24(32)16-31-23-11-7-6-10-22(23)30-25(31)18(2)29-26(33)20-12-14-21(27)15-13-20/h3-15,17-18H,16H2,1-2H3,(H,28,32)(H,29,33). The molecule has 7 heteroatoms. The van der Waals surface area contributed by atoms with Gasteiger partial charge in [-0.1, -0.05) is 54.1 Å². The lowest BCUT2D eigenvalue weighted by Crippen LogP contribution is -2.33. The van der Waals surface area contributed by atoms with Gasteiger partial charge in [0.1, 0.15) is 12.4 Å². The van der Waals surface area contributed by atoms with Crippen LogP contribution >= 0.6 is 11.6 Å². The summed E-state index contributed by atoms with van der Waals surface area (Å²) in [5.74, 6) is 0.243. The average molecular weight is 461 g/mol. The third-order valence-electron chi connectivity index (χ3n) is 5.50. The number of hydrogen-bond acceptors (Lipinski definition) is 3. The molecule has 0 radical (unpaired) electrons. The summed E-state index contributed by atoms with van der Waals surface area (Å²) in [4.78, 5) is 30.4. The Bertz CT molecular complexity index is 1270. The molecule has 0 saturated heterocycles. The fourth-order valence-corrected chi connectivity index (χ4v) is 3.92. The molecule has 33 heavy (non-hydrogen) atoms. The first-order valence-electron chi connectivity index (χ1n) is 10.8. The van der Waals surface area contributed by atoms with Gasteiger partial charge in [-0.2, -0.15) is 0 Å². The highest BCUT2D eigenvalue weighted by atomic mass is 35.5. The molecule has 0 fully saturated rings. The molecule has 4 rings (SSSR count). The molecule has 0 aliphatic heterocycles. The van der Waals surface area contributed by atoms with E-state index in [0.29, 0.717) is 16.4 Å². The van der Waals surface area contributed by atoms with Gasteiger partial charge in [-0.05, 0) is 55.8 Å². The number of aromatic nitrogens is 2. The lowest BCUT2D eigenvalue weighted by atomic mass is 10.1. The van der Waals surface area contributed by atoms with Crippen molar-refractivity contribution >= 4 is 34.4 Å². The third-order valence-corrected chi connectivity index (χ3v) is 5.76. The lowest BCUT2D eigenvalue weighted by molar-refractivity contribution is -0.122. The molecule has 168 valence electrons. The van der Waals surface area contributed by atoms with Crippen molar-refractivity contribution in [2.45, 2.75) is 32.5 Å². The molecule has 1 aromatic heterocycles. The van der Waals surface area contributed by atoms with Crippen LogP contribution in [0.25, 0.3) is 11.0 Å². The number of imidazole rings is 1. The summed E-state index contributed by atoms with van der Waals surface area (Å²) in [6.07, 6.45) is 0. The van der Waals surface area contributed by atoms with Crippen LogP contribution in [0.1, 0.15) is 47.7 Å². The van der Waals surface area contributed by atoms with Crippen molar-refractivity contribution in [2.24, 2.45) is 0 Å². The molecule has 2 N–H and O–H groups in total. The second-order valence-corrected chi connectivity index (χ2v) is 8.38. The van der Waals surface area contributed by atoms with Gasteiger partial charge in [0.15, 0.2) is 0 Å². The number of hydrogen-bond donors (Lipinski definition) is 2. The maximum absolute atomic E-state index is 12.9. The second kappa shape index (κ2) is 9.88. The first-order chi connectivity index (χ1) is 15.9. The van der Waals surface area contributed by atoms with E-state index in [0.717, 1.165) is 16.6 Å². The van der Waals surface area contributed by atoms with Crippen LogP contribution < -0.4 is 10.6 Å². The van der Waals surface area contributed by atoms with Crippen LogP contribution in [0.3, 0.4) is 0 Å². The van der Waals surface area contributed by atoms with E-state index in [2.05, 4.69) is 10.6 Å². The van der Waals surface area contributed by atoms with Crippen molar-refractivity contribution in [2.75, 3.05) is 0 Å². The van der Waals surface area contributed by atoms with Gasteiger partial charge in [0.25, 0.3) is 5.91 Å². The first kappa shape index (κ1) is 22.6. The number of carbonyl (C=O) groups excluding carboxylic acids is 2. The van der Waals surface area contributed by atoms with Crippen molar-refractivity contribution in [1.82, 2.24) is 20.2 Å². The Morgan fingerprint density at radius 3 is 2.27 bits per heavy atom. The Hall–Kier alpha value is -3.64. The van der Waals surface area contributed by atoms with E-state index in [9.17, 15) is 9.59 Å². The molecule has 0 aliphatic rings. The maximum atomic E-state index is 12.9. The van der Waals surface area contributed by atoms with Crippen LogP contribution in [0.4, 0.5) is 0 Å². The molecule has 1 heterocycles. The van der Waals surface area contributed by atoms with Crippen LogP contribution in [-0.2, 0) is 11.3 Å². The Morgan fingerprint density at radius 1 is 0.879 bits per heavy atom. The minimum atomic E-state index is -0.417. The number of amides is 2. The summed E-state index contributed by atoms with van der Waals surface area (Å²) in [5, 5.41) is 6.59. The minimum Gasteiger partial charge on any atom is -0.348 e. The molecule has 6 nitrogen and oxygen atoms in total. The van der Waals surface area contributed by atoms with Crippen LogP contribution in [0.2, 0.25) is 5.02 Å². The third kappa shape index (κ3) is 5.23. The van der Waals surface area contributed by atoms with E-state index < -0.39 is 6.04 Å². The zero-order valence-electron chi connectivity index (χ0n) is 18.5. The number of nitrogens with one attached hydrogen (secondary N) is 2. The molecule has 0 bridgehead atoms. The predicted octanol–water partition coefficient (Wildman–Crippen LogP) is 5.06. The minimum absolute atomic E-state index is 0.0914. The van der Waals surface area contributed by atoms with Crippen molar-refractivity contribution in [3.8, 4) is 0 Å². The topological polar surface area (TPSA) is 76.0 Å². The number of benzene rings is 3. The van der Waals surface area contributed by atoms with Gasteiger partial charge in [-0.25, -0.2) is 4.98 Å². The van der Waals surface area contributed by atoms with Crippen molar-refractivity contribution < 1.29 is 9.59 Å². The summed E-state index contributed by atoms with van der Waals surface area (Å²) >= 11 is 5.92. The highest BCUT2D eigenvalue weighted by Gasteiger charge is 2.21. The van der Waals surface area contributed by atoms with Crippen LogP contribution in [0.15, 0.2) is 78.9 Å². The Balaban J connectivity index is 1.55. The summed E-state index contributed by atoms with van der Waals surface area (Å²) in [6, 6.07) is 23.6.